The van der Waals surface area contributed by atoms with Gasteiger partial charge in [0.25, 0.3) is 5.91 Å². The van der Waals surface area contributed by atoms with Gasteiger partial charge in [-0.15, -0.1) is 0 Å². The fraction of sp³-hybridized carbons (Fsp3) is 0.300. The predicted octanol–water partition coefficient (Wildman–Crippen LogP) is 4.59. The second-order valence-corrected chi connectivity index (χ2v) is 7.87. The van der Waals surface area contributed by atoms with E-state index in [0.29, 0.717) is 30.2 Å². The molecular formula is C20H15ClF3N5O3. The third-order valence-electron chi connectivity index (χ3n) is 5.39. The number of imidazole rings is 1. The summed E-state index contributed by atoms with van der Waals surface area (Å²) in [6.45, 7) is 2.33. The van der Waals surface area contributed by atoms with E-state index in [4.69, 9.17) is 20.5 Å². The summed E-state index contributed by atoms with van der Waals surface area (Å²) in [5, 5.41) is 3.56. The monoisotopic (exact) mass is 465 g/mol. The number of nitrogens with zero attached hydrogens (tertiary/aromatic N) is 5. The quantitative estimate of drug-likeness (QED) is 0.439. The number of pyridine rings is 1. The summed E-state index contributed by atoms with van der Waals surface area (Å²) in [5.74, 6) is 0.189. The normalized spacial score (nSPS) is 16.9. The Bertz CT molecular complexity index is 1310. The summed E-state index contributed by atoms with van der Waals surface area (Å²) < 4.78 is 52.6. The Balaban J connectivity index is 1.53. The molecule has 4 aromatic heterocycles. The molecule has 0 spiro atoms. The molecule has 1 aliphatic heterocycles. The van der Waals surface area contributed by atoms with Crippen LogP contribution < -0.4 is 0 Å². The van der Waals surface area contributed by atoms with Crippen LogP contribution in [0.1, 0.15) is 40.1 Å². The van der Waals surface area contributed by atoms with Crippen LogP contribution in [-0.2, 0) is 6.18 Å². The number of carbonyl (C=O) groups excluding carboxylic acids is 1. The number of alkyl halides is 3. The summed E-state index contributed by atoms with van der Waals surface area (Å²) in [5.41, 5.74) is -1.03. The van der Waals surface area contributed by atoms with Gasteiger partial charge in [0, 0.05) is 30.4 Å². The summed E-state index contributed by atoms with van der Waals surface area (Å²) in [7, 11) is 0. The fourth-order valence-electron chi connectivity index (χ4n) is 3.82. The molecule has 32 heavy (non-hydrogen) atoms. The lowest BCUT2D eigenvalue weighted by Crippen LogP contribution is -2.29. The number of rotatable bonds is 3. The highest BCUT2D eigenvalue weighted by atomic mass is 35.5. The van der Waals surface area contributed by atoms with Crippen LogP contribution >= 0.6 is 11.6 Å². The van der Waals surface area contributed by atoms with Gasteiger partial charge in [0.05, 0.1) is 24.0 Å². The summed E-state index contributed by atoms with van der Waals surface area (Å²) in [6.07, 6.45) is -0.0509. The molecule has 4 aromatic rings. The Hall–Kier alpha value is -3.34. The maximum absolute atomic E-state index is 13.8. The molecule has 0 saturated carbocycles. The van der Waals surface area contributed by atoms with E-state index in [-0.39, 0.29) is 28.9 Å². The van der Waals surface area contributed by atoms with Crippen molar-refractivity contribution in [1.82, 2.24) is 24.4 Å². The molecule has 166 valence electrons. The summed E-state index contributed by atoms with van der Waals surface area (Å²) >= 11 is 6.36. The van der Waals surface area contributed by atoms with E-state index in [1.165, 1.54) is 29.7 Å². The number of carbonyl (C=O) groups is 1. The zero-order chi connectivity index (χ0) is 22.6. The van der Waals surface area contributed by atoms with Crippen molar-refractivity contribution in [3.63, 3.8) is 0 Å². The van der Waals surface area contributed by atoms with Gasteiger partial charge < -0.3 is 13.8 Å². The topological polar surface area (TPSA) is 89.7 Å². The first-order chi connectivity index (χ1) is 15.2. The van der Waals surface area contributed by atoms with Crippen LogP contribution in [-0.4, -0.2) is 43.4 Å². The van der Waals surface area contributed by atoms with Crippen molar-refractivity contribution in [2.24, 2.45) is 0 Å². The van der Waals surface area contributed by atoms with E-state index < -0.39 is 23.3 Å². The zero-order valence-corrected chi connectivity index (χ0v) is 17.3. The lowest BCUT2D eigenvalue weighted by molar-refractivity contribution is -0.136. The average molecular weight is 466 g/mol. The molecule has 5 rings (SSSR count). The van der Waals surface area contributed by atoms with Gasteiger partial charge in [-0.25, -0.2) is 4.98 Å². The van der Waals surface area contributed by atoms with E-state index >= 15 is 0 Å². The smallest absolute Gasteiger partial charge is 0.420 e. The number of hydrogen-bond acceptors (Lipinski definition) is 6. The molecule has 0 N–H and O–H groups in total. The number of aryl methyl sites for hydroxylation is 1. The third kappa shape index (κ3) is 3.42. The van der Waals surface area contributed by atoms with Crippen LogP contribution in [0.4, 0.5) is 13.2 Å². The van der Waals surface area contributed by atoms with Crippen molar-refractivity contribution in [1.29, 1.82) is 0 Å². The first kappa shape index (κ1) is 20.6. The van der Waals surface area contributed by atoms with E-state index in [2.05, 4.69) is 15.1 Å². The van der Waals surface area contributed by atoms with Crippen molar-refractivity contribution < 1.29 is 26.9 Å². The number of hydrogen-bond donors (Lipinski definition) is 0. The minimum atomic E-state index is -4.70. The zero-order valence-electron chi connectivity index (χ0n) is 16.6. The van der Waals surface area contributed by atoms with Gasteiger partial charge in [0.1, 0.15) is 5.15 Å². The Morgan fingerprint density at radius 3 is 2.75 bits per heavy atom. The van der Waals surface area contributed by atoms with E-state index in [0.717, 1.165) is 10.5 Å². The molecule has 0 aliphatic carbocycles. The minimum Gasteiger partial charge on any atom is -0.472 e. The third-order valence-corrected chi connectivity index (χ3v) is 5.75. The van der Waals surface area contributed by atoms with Crippen LogP contribution in [0.3, 0.4) is 0 Å². The maximum Gasteiger partial charge on any atom is 0.420 e. The maximum atomic E-state index is 13.8. The van der Waals surface area contributed by atoms with E-state index in [1.54, 1.807) is 6.92 Å². The number of amides is 1. The lowest BCUT2D eigenvalue weighted by atomic mass is 10.1. The Kier molecular flexibility index (Phi) is 4.73. The molecule has 12 heteroatoms. The summed E-state index contributed by atoms with van der Waals surface area (Å²) in [4.78, 5) is 22.8. The second kappa shape index (κ2) is 7.37. The highest BCUT2D eigenvalue weighted by Crippen LogP contribution is 2.37. The highest BCUT2D eigenvalue weighted by Gasteiger charge is 2.38. The molecule has 0 radical (unpaired) electrons. The molecule has 0 bridgehead atoms. The number of fused-ring (bicyclic) bond motifs is 1. The number of halogens is 4. The number of likely N-dealkylation sites (tertiary alicyclic amines) is 1. The van der Waals surface area contributed by atoms with Gasteiger partial charge in [-0.3, -0.25) is 9.20 Å². The number of aromatic nitrogens is 4. The Labute approximate surface area is 183 Å². The minimum absolute atomic E-state index is 0.158. The van der Waals surface area contributed by atoms with Crippen molar-refractivity contribution in [2.45, 2.75) is 25.4 Å². The molecule has 1 saturated heterocycles. The predicted molar refractivity (Wildman–Crippen MR) is 105 cm³/mol. The molecule has 1 atom stereocenters. The van der Waals surface area contributed by atoms with Crippen molar-refractivity contribution in [3.05, 3.63) is 59.0 Å². The largest absolute Gasteiger partial charge is 0.472 e. The molecule has 8 nitrogen and oxygen atoms in total. The molecule has 1 fully saturated rings. The van der Waals surface area contributed by atoms with E-state index in [1.807, 2.05) is 0 Å². The first-order valence-electron chi connectivity index (χ1n) is 9.63. The van der Waals surface area contributed by atoms with Crippen molar-refractivity contribution in [3.8, 4) is 11.1 Å². The lowest BCUT2D eigenvalue weighted by Gasteiger charge is -2.14. The SMILES string of the molecule is Cc1noc(C2CCN(C(=O)c3nc4c(C(F)(F)F)cc(-c5ccoc5)cn4c3Cl)C2)n1. The van der Waals surface area contributed by atoms with Gasteiger partial charge in [-0.05, 0) is 25.5 Å². The Morgan fingerprint density at radius 2 is 2.09 bits per heavy atom. The van der Waals surface area contributed by atoms with Gasteiger partial charge in [0.15, 0.2) is 17.2 Å². The van der Waals surface area contributed by atoms with Crippen LogP contribution in [0.25, 0.3) is 16.8 Å². The molecule has 1 amide bonds. The first-order valence-corrected chi connectivity index (χ1v) is 10.0. The Morgan fingerprint density at radius 1 is 1.28 bits per heavy atom. The standard InChI is InChI=1S/C20H15ClF3N5O3/c1-10-25-18(32-27-10)11-2-4-28(7-11)19(30)15-16(21)29-8-13(12-3-5-31-9-12)6-14(17(29)26-15)20(22,23)24/h3,5-6,8-9,11H,2,4,7H2,1H3. The summed E-state index contributed by atoms with van der Waals surface area (Å²) in [6, 6.07) is 2.49. The average Bonchev–Trinajstić information content (AvgIpc) is 3.53. The van der Waals surface area contributed by atoms with Crippen LogP contribution in [0.15, 0.2) is 39.8 Å². The molecule has 5 heterocycles. The van der Waals surface area contributed by atoms with Gasteiger partial charge in [-0.2, -0.15) is 18.2 Å². The van der Waals surface area contributed by atoms with Crippen LogP contribution in [0.5, 0.6) is 0 Å². The number of furan rings is 1. The van der Waals surface area contributed by atoms with Gasteiger partial charge in [0.2, 0.25) is 5.89 Å². The molecule has 1 aliphatic rings. The van der Waals surface area contributed by atoms with E-state index in [9.17, 15) is 18.0 Å². The molecule has 1 unspecified atom stereocenters. The fourth-order valence-corrected chi connectivity index (χ4v) is 4.08. The van der Waals surface area contributed by atoms with Gasteiger partial charge >= 0.3 is 6.18 Å². The molecular weight excluding hydrogens is 451 g/mol. The molecule has 0 aromatic carbocycles. The van der Waals surface area contributed by atoms with Crippen molar-refractivity contribution >= 4 is 23.2 Å². The van der Waals surface area contributed by atoms with Gasteiger partial charge in [-0.1, -0.05) is 16.8 Å². The van der Waals surface area contributed by atoms with Crippen molar-refractivity contribution in [2.75, 3.05) is 13.1 Å². The van der Waals surface area contributed by atoms with Crippen LogP contribution in [0.2, 0.25) is 5.15 Å². The second-order valence-electron chi connectivity index (χ2n) is 7.51. The highest BCUT2D eigenvalue weighted by molar-refractivity contribution is 6.33. The van der Waals surface area contributed by atoms with Crippen LogP contribution in [0, 0.1) is 6.92 Å².